The van der Waals surface area contributed by atoms with Crippen LogP contribution in [0.15, 0.2) is 60.7 Å². The van der Waals surface area contributed by atoms with Crippen LogP contribution in [0.3, 0.4) is 0 Å². The zero-order valence-corrected chi connectivity index (χ0v) is 20.4. The molecule has 1 aliphatic heterocycles. The topological polar surface area (TPSA) is 61.9 Å². The van der Waals surface area contributed by atoms with Gasteiger partial charge in [-0.15, -0.1) is 0 Å². The number of halogens is 1. The Labute approximate surface area is 205 Å². The van der Waals surface area contributed by atoms with E-state index in [0.29, 0.717) is 48.2 Å². The van der Waals surface area contributed by atoms with Gasteiger partial charge in [0.2, 0.25) is 0 Å². The van der Waals surface area contributed by atoms with Crippen LogP contribution < -0.4 is 15.0 Å². The molecular formula is C27H28ClN3O3. The van der Waals surface area contributed by atoms with Crippen LogP contribution in [-0.4, -0.2) is 50.0 Å². The molecular weight excluding hydrogens is 450 g/mol. The summed E-state index contributed by atoms with van der Waals surface area (Å²) in [5.41, 5.74) is 4.59. The summed E-state index contributed by atoms with van der Waals surface area (Å²) in [5, 5.41) is 3.45. The van der Waals surface area contributed by atoms with Gasteiger partial charge in [0.1, 0.15) is 5.75 Å². The maximum Gasteiger partial charge on any atom is 0.259 e. The lowest BCUT2D eigenvalue weighted by Crippen LogP contribution is -2.49. The molecule has 0 saturated carbocycles. The molecule has 7 heteroatoms. The SMILES string of the molecule is COc1c(C)cccc1C(=O)Nc1ccc(N2CCN(C(=O)c3ccccc3C)CC2)c(Cl)c1. The highest BCUT2D eigenvalue weighted by Crippen LogP contribution is 2.31. The highest BCUT2D eigenvalue weighted by atomic mass is 35.5. The fourth-order valence-electron chi connectivity index (χ4n) is 4.28. The van der Waals surface area contributed by atoms with Gasteiger partial charge in [0, 0.05) is 37.4 Å². The van der Waals surface area contributed by atoms with Crippen LogP contribution in [0.1, 0.15) is 31.8 Å². The first-order valence-electron chi connectivity index (χ1n) is 11.2. The smallest absolute Gasteiger partial charge is 0.259 e. The Morgan fingerprint density at radius 2 is 1.56 bits per heavy atom. The van der Waals surface area contributed by atoms with Crippen molar-refractivity contribution in [2.75, 3.05) is 43.5 Å². The first-order valence-corrected chi connectivity index (χ1v) is 11.6. The van der Waals surface area contributed by atoms with E-state index in [-0.39, 0.29) is 11.8 Å². The number of anilines is 2. The number of rotatable bonds is 5. The van der Waals surface area contributed by atoms with Gasteiger partial charge in [-0.05, 0) is 55.3 Å². The van der Waals surface area contributed by atoms with Gasteiger partial charge in [-0.1, -0.05) is 41.9 Å². The van der Waals surface area contributed by atoms with Crippen molar-refractivity contribution in [3.8, 4) is 5.75 Å². The molecule has 1 saturated heterocycles. The van der Waals surface area contributed by atoms with Crippen molar-refractivity contribution < 1.29 is 14.3 Å². The van der Waals surface area contributed by atoms with Crippen LogP contribution in [0.25, 0.3) is 0 Å². The minimum atomic E-state index is -0.257. The largest absolute Gasteiger partial charge is 0.496 e. The van der Waals surface area contributed by atoms with E-state index < -0.39 is 0 Å². The first kappa shape index (κ1) is 23.6. The number of benzene rings is 3. The van der Waals surface area contributed by atoms with Crippen molar-refractivity contribution in [3.05, 3.63) is 87.9 Å². The summed E-state index contributed by atoms with van der Waals surface area (Å²) in [7, 11) is 1.55. The fourth-order valence-corrected chi connectivity index (χ4v) is 4.58. The van der Waals surface area contributed by atoms with Crippen molar-refractivity contribution >= 4 is 34.8 Å². The lowest BCUT2D eigenvalue weighted by Gasteiger charge is -2.36. The van der Waals surface area contributed by atoms with E-state index in [1.54, 1.807) is 19.2 Å². The molecule has 3 aromatic carbocycles. The Hall–Kier alpha value is -3.51. The van der Waals surface area contributed by atoms with E-state index >= 15 is 0 Å². The Bertz CT molecular complexity index is 1220. The molecule has 176 valence electrons. The zero-order chi connectivity index (χ0) is 24.2. The van der Waals surface area contributed by atoms with Gasteiger partial charge >= 0.3 is 0 Å². The predicted octanol–water partition coefficient (Wildman–Crippen LogP) is 5.18. The molecule has 1 aliphatic rings. The highest BCUT2D eigenvalue weighted by molar-refractivity contribution is 6.33. The van der Waals surface area contributed by atoms with E-state index in [4.69, 9.17) is 16.3 Å². The Balaban J connectivity index is 1.41. The average Bonchev–Trinajstić information content (AvgIpc) is 2.84. The van der Waals surface area contributed by atoms with Crippen molar-refractivity contribution in [1.29, 1.82) is 0 Å². The third-order valence-electron chi connectivity index (χ3n) is 6.15. The summed E-state index contributed by atoms with van der Waals surface area (Å²) >= 11 is 6.59. The van der Waals surface area contributed by atoms with Gasteiger partial charge in [-0.25, -0.2) is 0 Å². The number of nitrogens with one attached hydrogen (secondary N) is 1. The number of amides is 2. The third-order valence-corrected chi connectivity index (χ3v) is 6.45. The maximum absolute atomic E-state index is 12.9. The van der Waals surface area contributed by atoms with E-state index in [2.05, 4.69) is 10.2 Å². The van der Waals surface area contributed by atoms with Gasteiger partial charge in [0.25, 0.3) is 11.8 Å². The summed E-state index contributed by atoms with van der Waals surface area (Å²) in [6, 6.07) is 18.6. The zero-order valence-electron chi connectivity index (χ0n) is 19.6. The average molecular weight is 478 g/mol. The minimum absolute atomic E-state index is 0.0634. The molecule has 2 amide bonds. The van der Waals surface area contributed by atoms with E-state index in [1.165, 1.54) is 0 Å². The van der Waals surface area contributed by atoms with Crippen LogP contribution >= 0.6 is 11.6 Å². The molecule has 1 fully saturated rings. The third kappa shape index (κ3) is 4.87. The van der Waals surface area contributed by atoms with Crippen molar-refractivity contribution in [2.24, 2.45) is 0 Å². The molecule has 0 spiro atoms. The van der Waals surface area contributed by atoms with E-state index in [0.717, 1.165) is 22.4 Å². The number of hydrogen-bond acceptors (Lipinski definition) is 4. The molecule has 0 atom stereocenters. The summed E-state index contributed by atoms with van der Waals surface area (Å²) < 4.78 is 5.40. The van der Waals surface area contributed by atoms with Gasteiger partial charge in [0.15, 0.2) is 0 Å². The predicted molar refractivity (Wildman–Crippen MR) is 136 cm³/mol. The van der Waals surface area contributed by atoms with Crippen LogP contribution in [-0.2, 0) is 0 Å². The number of aryl methyl sites for hydroxylation is 2. The molecule has 0 radical (unpaired) electrons. The second-order valence-corrected chi connectivity index (χ2v) is 8.78. The van der Waals surface area contributed by atoms with Gasteiger partial charge in [-0.3, -0.25) is 9.59 Å². The normalized spacial score (nSPS) is 13.5. The van der Waals surface area contributed by atoms with Gasteiger partial charge < -0.3 is 19.9 Å². The second kappa shape index (κ2) is 10.2. The fraction of sp³-hybridized carbons (Fsp3) is 0.259. The lowest BCUT2D eigenvalue weighted by molar-refractivity contribution is 0.0746. The molecule has 0 aliphatic carbocycles. The molecule has 1 N–H and O–H groups in total. The highest BCUT2D eigenvalue weighted by Gasteiger charge is 2.24. The number of para-hydroxylation sites is 1. The number of hydrogen-bond donors (Lipinski definition) is 1. The van der Waals surface area contributed by atoms with E-state index in [1.807, 2.05) is 67.3 Å². The Morgan fingerprint density at radius 3 is 2.24 bits per heavy atom. The molecule has 3 aromatic rings. The quantitative estimate of drug-likeness (QED) is 0.550. The molecule has 6 nitrogen and oxygen atoms in total. The monoisotopic (exact) mass is 477 g/mol. The summed E-state index contributed by atoms with van der Waals surface area (Å²) in [4.78, 5) is 29.7. The Morgan fingerprint density at radius 1 is 0.882 bits per heavy atom. The summed E-state index contributed by atoms with van der Waals surface area (Å²) in [6.07, 6.45) is 0. The number of ether oxygens (including phenoxy) is 1. The number of piperazine rings is 1. The van der Waals surface area contributed by atoms with Gasteiger partial charge in [0.05, 0.1) is 23.4 Å². The molecule has 0 aromatic heterocycles. The molecule has 34 heavy (non-hydrogen) atoms. The van der Waals surface area contributed by atoms with Crippen molar-refractivity contribution in [1.82, 2.24) is 4.90 Å². The first-order chi connectivity index (χ1) is 16.4. The van der Waals surface area contributed by atoms with Crippen LogP contribution in [0.4, 0.5) is 11.4 Å². The van der Waals surface area contributed by atoms with Crippen molar-refractivity contribution in [2.45, 2.75) is 13.8 Å². The number of carbonyl (C=O) groups excluding carboxylic acids is 2. The Kier molecular flexibility index (Phi) is 7.08. The number of methoxy groups -OCH3 is 1. The van der Waals surface area contributed by atoms with Gasteiger partial charge in [-0.2, -0.15) is 0 Å². The second-order valence-electron chi connectivity index (χ2n) is 8.37. The number of nitrogens with zero attached hydrogens (tertiary/aromatic N) is 2. The standard InChI is InChI=1S/C27H28ClN3O3/c1-18-7-4-5-9-21(18)27(33)31-15-13-30(14-16-31)24-12-11-20(17-23(24)28)29-26(32)22-10-6-8-19(2)25(22)34-3/h4-12,17H,13-16H2,1-3H3,(H,29,32). The molecule has 4 rings (SSSR count). The molecule has 0 bridgehead atoms. The van der Waals surface area contributed by atoms with Crippen molar-refractivity contribution in [3.63, 3.8) is 0 Å². The minimum Gasteiger partial charge on any atom is -0.496 e. The molecule has 1 heterocycles. The summed E-state index contributed by atoms with van der Waals surface area (Å²) in [6.45, 7) is 6.46. The summed E-state index contributed by atoms with van der Waals surface area (Å²) in [5.74, 6) is 0.363. The van der Waals surface area contributed by atoms with Crippen LogP contribution in [0, 0.1) is 13.8 Å². The lowest BCUT2D eigenvalue weighted by atomic mass is 10.1. The van der Waals surface area contributed by atoms with E-state index in [9.17, 15) is 9.59 Å². The van der Waals surface area contributed by atoms with Crippen LogP contribution in [0.2, 0.25) is 5.02 Å². The van der Waals surface area contributed by atoms with Crippen LogP contribution in [0.5, 0.6) is 5.75 Å². The number of carbonyl (C=O) groups is 2. The maximum atomic E-state index is 12.9. The molecule has 0 unspecified atom stereocenters.